The Morgan fingerprint density at radius 1 is 1.15 bits per heavy atom. The molecule has 2 aromatic heterocycles. The van der Waals surface area contributed by atoms with Crippen molar-refractivity contribution in [3.63, 3.8) is 0 Å². The lowest BCUT2D eigenvalue weighted by molar-refractivity contribution is -0.115. The van der Waals surface area contributed by atoms with E-state index >= 15 is 0 Å². The van der Waals surface area contributed by atoms with Gasteiger partial charge in [-0.1, -0.05) is 0 Å². The molecular formula is C28H30F2N7O3. The van der Waals surface area contributed by atoms with Crippen molar-refractivity contribution in [3.8, 4) is 11.5 Å². The lowest BCUT2D eigenvalue weighted by Crippen LogP contribution is -2.29. The Morgan fingerprint density at radius 3 is 2.73 bits per heavy atom. The monoisotopic (exact) mass is 550 g/mol. The third-order valence-electron chi connectivity index (χ3n) is 6.64. The van der Waals surface area contributed by atoms with Crippen molar-refractivity contribution in [1.82, 2.24) is 25.1 Å². The number of aromatic nitrogens is 4. The number of fused-ring (bicyclic) bond motifs is 1. The Labute approximate surface area is 230 Å². The van der Waals surface area contributed by atoms with Gasteiger partial charge in [-0.05, 0) is 50.9 Å². The van der Waals surface area contributed by atoms with Crippen molar-refractivity contribution in [2.45, 2.75) is 31.7 Å². The van der Waals surface area contributed by atoms with Crippen LogP contribution in [-0.4, -0.2) is 63.8 Å². The molecule has 3 heterocycles. The highest BCUT2D eigenvalue weighted by atomic mass is 19.1. The Morgan fingerprint density at radius 2 is 1.98 bits per heavy atom. The van der Waals surface area contributed by atoms with E-state index in [9.17, 15) is 13.6 Å². The van der Waals surface area contributed by atoms with Gasteiger partial charge in [-0.25, -0.2) is 18.7 Å². The largest absolute Gasteiger partial charge is 0.493 e. The molecule has 1 aliphatic rings. The summed E-state index contributed by atoms with van der Waals surface area (Å²) in [7, 11) is 1.58. The number of nitrogens with one attached hydrogen (secondary N) is 3. The summed E-state index contributed by atoms with van der Waals surface area (Å²) in [6.07, 6.45) is 4.56. The van der Waals surface area contributed by atoms with E-state index in [0.29, 0.717) is 52.4 Å². The summed E-state index contributed by atoms with van der Waals surface area (Å²) < 4.78 is 38.4. The predicted octanol–water partition coefficient (Wildman–Crippen LogP) is 4.63. The number of rotatable bonds is 11. The minimum atomic E-state index is -0.777. The molecule has 1 aliphatic heterocycles. The van der Waals surface area contributed by atoms with Gasteiger partial charge in [-0.15, -0.1) is 0 Å². The minimum absolute atomic E-state index is 0.0311. The van der Waals surface area contributed by atoms with E-state index in [0.717, 1.165) is 44.1 Å². The molecule has 10 nitrogen and oxygen atoms in total. The highest BCUT2D eigenvalue weighted by Crippen LogP contribution is 2.34. The number of H-pyrrole nitrogens is 1. The van der Waals surface area contributed by atoms with E-state index < -0.39 is 17.5 Å². The first kappa shape index (κ1) is 27.3. The van der Waals surface area contributed by atoms with Crippen LogP contribution in [-0.2, 0) is 11.2 Å². The second kappa shape index (κ2) is 12.2. The van der Waals surface area contributed by atoms with Gasteiger partial charge < -0.3 is 25.0 Å². The number of nitrogens with zero attached hydrogens (tertiary/aromatic N) is 4. The van der Waals surface area contributed by atoms with Crippen LogP contribution in [0.3, 0.4) is 0 Å². The number of benzene rings is 2. The Bertz CT molecular complexity index is 1480. The zero-order valence-corrected chi connectivity index (χ0v) is 22.0. The molecule has 1 saturated heterocycles. The van der Waals surface area contributed by atoms with Crippen LogP contribution in [0, 0.1) is 18.6 Å². The van der Waals surface area contributed by atoms with Gasteiger partial charge in [-0.3, -0.25) is 9.89 Å². The number of methoxy groups -OCH3 is 1. The molecule has 0 spiro atoms. The van der Waals surface area contributed by atoms with Crippen molar-refractivity contribution < 1.29 is 23.0 Å². The van der Waals surface area contributed by atoms with Gasteiger partial charge in [-0.2, -0.15) is 5.10 Å². The number of aromatic amines is 1. The van der Waals surface area contributed by atoms with Crippen LogP contribution in [0.1, 0.15) is 25.0 Å². The number of likely N-dealkylation sites (tertiary alicyclic amines) is 1. The van der Waals surface area contributed by atoms with Gasteiger partial charge >= 0.3 is 0 Å². The second-order valence-corrected chi connectivity index (χ2v) is 9.56. The number of hydrogen-bond donors (Lipinski definition) is 3. The molecule has 2 aromatic carbocycles. The number of anilines is 3. The molecule has 1 radical (unpaired) electrons. The standard InChI is InChI=1S/C28H30F2N7O3/c1-17-5-3-6-37(17)7-4-8-40-25-15-23-22(14-24(25)39-2)28(32-16-31-23)34-26-12-21(35-36-26)13-27(38)33-20-10-18(29)9-19(30)11-20/h9-12,14-17H,1,3-8,13H2,2H3,(H,33,38)(H2,31,32,34,35,36)/t17-/m0/s1. The van der Waals surface area contributed by atoms with Crippen LogP contribution in [0.15, 0.2) is 42.7 Å². The first-order chi connectivity index (χ1) is 19.4. The van der Waals surface area contributed by atoms with Gasteiger partial charge in [0.2, 0.25) is 5.91 Å². The third kappa shape index (κ3) is 6.63. The molecule has 0 aliphatic carbocycles. The van der Waals surface area contributed by atoms with E-state index in [1.165, 1.54) is 12.7 Å². The lowest BCUT2D eigenvalue weighted by Gasteiger charge is -2.20. The first-order valence-corrected chi connectivity index (χ1v) is 13.0. The smallest absolute Gasteiger partial charge is 0.230 e. The molecule has 1 fully saturated rings. The van der Waals surface area contributed by atoms with Crippen LogP contribution >= 0.6 is 0 Å². The Hall–Kier alpha value is -4.32. The van der Waals surface area contributed by atoms with E-state index in [1.54, 1.807) is 19.2 Å². The number of hydrogen-bond acceptors (Lipinski definition) is 8. The number of carbonyl (C=O) groups is 1. The fraction of sp³-hybridized carbons (Fsp3) is 0.321. The first-order valence-electron chi connectivity index (χ1n) is 13.0. The van der Waals surface area contributed by atoms with E-state index in [2.05, 4.69) is 42.6 Å². The van der Waals surface area contributed by atoms with Crippen LogP contribution in [0.5, 0.6) is 11.5 Å². The van der Waals surface area contributed by atoms with E-state index in [1.807, 2.05) is 6.07 Å². The summed E-state index contributed by atoms with van der Waals surface area (Å²) in [5.41, 5.74) is 1.18. The molecule has 40 heavy (non-hydrogen) atoms. The molecule has 12 heteroatoms. The summed E-state index contributed by atoms with van der Waals surface area (Å²) in [5, 5.41) is 13.3. The molecule has 5 rings (SSSR count). The lowest BCUT2D eigenvalue weighted by atomic mass is 10.2. The van der Waals surface area contributed by atoms with Gasteiger partial charge in [0.15, 0.2) is 17.3 Å². The predicted molar refractivity (Wildman–Crippen MR) is 147 cm³/mol. The number of amides is 1. The molecule has 4 aromatic rings. The van der Waals surface area contributed by atoms with Crippen molar-refractivity contribution in [3.05, 3.63) is 67.0 Å². The zero-order valence-electron chi connectivity index (χ0n) is 22.0. The fourth-order valence-corrected chi connectivity index (χ4v) is 4.72. The molecule has 1 atom stereocenters. The van der Waals surface area contributed by atoms with Crippen LogP contribution < -0.4 is 20.1 Å². The quantitative estimate of drug-likeness (QED) is 0.232. The fourth-order valence-electron chi connectivity index (χ4n) is 4.72. The summed E-state index contributed by atoms with van der Waals surface area (Å²) >= 11 is 0. The maximum Gasteiger partial charge on any atom is 0.230 e. The Balaban J connectivity index is 1.23. The molecule has 1 amide bonds. The summed E-state index contributed by atoms with van der Waals surface area (Å²) in [6, 6.07) is 8.46. The normalized spacial score (nSPS) is 15.3. The van der Waals surface area contributed by atoms with Gasteiger partial charge in [0, 0.05) is 47.6 Å². The molecule has 0 unspecified atom stereocenters. The summed E-state index contributed by atoms with van der Waals surface area (Å²) in [4.78, 5) is 23.5. The van der Waals surface area contributed by atoms with Crippen molar-refractivity contribution >= 4 is 34.1 Å². The van der Waals surface area contributed by atoms with Gasteiger partial charge in [0.25, 0.3) is 0 Å². The molecule has 0 bridgehead atoms. The average molecular weight is 551 g/mol. The molecule has 0 saturated carbocycles. The average Bonchev–Trinajstić information content (AvgIpc) is 3.53. The minimum Gasteiger partial charge on any atom is -0.493 e. The number of ether oxygens (including phenoxy) is 2. The third-order valence-corrected chi connectivity index (χ3v) is 6.64. The van der Waals surface area contributed by atoms with E-state index in [4.69, 9.17) is 9.47 Å². The van der Waals surface area contributed by atoms with Crippen LogP contribution in [0.25, 0.3) is 10.9 Å². The highest BCUT2D eigenvalue weighted by molar-refractivity contribution is 5.93. The maximum absolute atomic E-state index is 13.4. The van der Waals surface area contributed by atoms with E-state index in [-0.39, 0.29) is 12.1 Å². The zero-order chi connectivity index (χ0) is 28.1. The molecular weight excluding hydrogens is 520 g/mol. The highest BCUT2D eigenvalue weighted by Gasteiger charge is 2.19. The second-order valence-electron chi connectivity index (χ2n) is 9.56. The van der Waals surface area contributed by atoms with Gasteiger partial charge in [0.05, 0.1) is 25.7 Å². The maximum atomic E-state index is 13.4. The topological polar surface area (TPSA) is 117 Å². The van der Waals surface area contributed by atoms with Crippen molar-refractivity contribution in [2.24, 2.45) is 0 Å². The number of carbonyl (C=O) groups excluding carboxylic acids is 1. The van der Waals surface area contributed by atoms with Gasteiger partial charge in [0.1, 0.15) is 23.8 Å². The summed E-state index contributed by atoms with van der Waals surface area (Å²) in [6.45, 7) is 6.75. The molecule has 209 valence electrons. The number of halogens is 2. The van der Waals surface area contributed by atoms with Crippen LogP contribution in [0.2, 0.25) is 0 Å². The molecule has 3 N–H and O–H groups in total. The van der Waals surface area contributed by atoms with Crippen molar-refractivity contribution in [2.75, 3.05) is 37.4 Å². The Kier molecular flexibility index (Phi) is 8.34. The van der Waals surface area contributed by atoms with Crippen molar-refractivity contribution in [1.29, 1.82) is 0 Å². The SMILES string of the molecule is [CH2][C@H]1CCCN1CCCOc1cc2ncnc(Nc3cc(CC(=O)Nc4cc(F)cc(F)c4)[nH]n3)c2cc1OC. The summed E-state index contributed by atoms with van der Waals surface area (Å²) in [5.74, 6) is 0.0405. The van der Waals surface area contributed by atoms with Crippen LogP contribution in [0.4, 0.5) is 26.1 Å².